The van der Waals surface area contributed by atoms with Crippen molar-refractivity contribution in [1.29, 1.82) is 0 Å². The molecule has 0 fully saturated rings. The maximum Gasteiger partial charge on any atom is 0.119 e. The zero-order valence-electron chi connectivity index (χ0n) is 8.43. The third-order valence-electron chi connectivity index (χ3n) is 2.00. The van der Waals surface area contributed by atoms with Gasteiger partial charge >= 0.3 is 0 Å². The second-order valence-corrected chi connectivity index (χ2v) is 5.08. The van der Waals surface area contributed by atoms with Gasteiger partial charge < -0.3 is 5.73 Å². The molecule has 0 unspecified atom stereocenters. The van der Waals surface area contributed by atoms with Gasteiger partial charge in [-0.3, -0.25) is 4.98 Å². The Labute approximate surface area is 107 Å². The number of hydrogen-bond donors (Lipinski definition) is 1. The van der Waals surface area contributed by atoms with Gasteiger partial charge in [0.1, 0.15) is 5.03 Å². The highest BCUT2D eigenvalue weighted by molar-refractivity contribution is 9.10. The number of rotatable bonds is 3. The van der Waals surface area contributed by atoms with Gasteiger partial charge in [-0.25, -0.2) is 4.98 Å². The monoisotopic (exact) mass is 295 g/mol. The Bertz CT molecular complexity index is 476. The molecule has 1 aromatic heterocycles. The Balaban J connectivity index is 2.28. The maximum absolute atomic E-state index is 5.70. The summed E-state index contributed by atoms with van der Waals surface area (Å²) in [7, 11) is 0. The van der Waals surface area contributed by atoms with Crippen LogP contribution >= 0.6 is 27.7 Å². The van der Waals surface area contributed by atoms with Crippen LogP contribution in [-0.4, -0.2) is 9.97 Å². The zero-order valence-corrected chi connectivity index (χ0v) is 10.8. The number of benzene rings is 1. The quantitative estimate of drug-likeness (QED) is 0.946. The van der Waals surface area contributed by atoms with Crippen LogP contribution in [0.4, 0.5) is 0 Å². The van der Waals surface area contributed by atoms with Crippen molar-refractivity contribution in [1.82, 2.24) is 9.97 Å². The molecule has 1 heterocycles. The zero-order chi connectivity index (χ0) is 11.4. The lowest BCUT2D eigenvalue weighted by molar-refractivity contribution is 1.01. The fraction of sp³-hybridized carbons (Fsp3) is 0.0909. The summed E-state index contributed by atoms with van der Waals surface area (Å²) in [6.45, 7) is 0.516. The summed E-state index contributed by atoms with van der Waals surface area (Å²) >= 11 is 5.00. The smallest absolute Gasteiger partial charge is 0.119 e. The molecule has 16 heavy (non-hydrogen) atoms. The van der Waals surface area contributed by atoms with Crippen LogP contribution in [0.15, 0.2) is 51.2 Å². The molecular weight excluding hydrogens is 286 g/mol. The van der Waals surface area contributed by atoms with Gasteiger partial charge in [0, 0.05) is 28.3 Å². The van der Waals surface area contributed by atoms with Crippen molar-refractivity contribution in [3.8, 4) is 0 Å². The van der Waals surface area contributed by atoms with Crippen molar-refractivity contribution >= 4 is 27.7 Å². The fourth-order valence-corrected chi connectivity index (χ4v) is 2.53. The Morgan fingerprint density at radius 3 is 2.88 bits per heavy atom. The predicted octanol–water partition coefficient (Wildman–Crippen LogP) is 2.85. The number of nitrogens with two attached hydrogens (primary N) is 1. The maximum atomic E-state index is 5.70. The molecule has 0 atom stereocenters. The number of aromatic nitrogens is 2. The third-order valence-corrected chi connectivity index (χ3v) is 3.53. The van der Waals surface area contributed by atoms with Crippen LogP contribution in [0.2, 0.25) is 0 Å². The SMILES string of the molecule is NCc1cc(Br)ccc1Sc1cnccn1. The van der Waals surface area contributed by atoms with E-state index >= 15 is 0 Å². The standard InChI is InChI=1S/C11H10BrN3S/c12-9-1-2-10(8(5-9)6-13)16-11-7-14-3-4-15-11/h1-5,7H,6,13H2. The third kappa shape index (κ3) is 2.81. The van der Waals surface area contributed by atoms with Crippen LogP contribution in [0.3, 0.4) is 0 Å². The van der Waals surface area contributed by atoms with E-state index in [1.54, 1.807) is 30.4 Å². The summed E-state index contributed by atoms with van der Waals surface area (Å²) in [4.78, 5) is 9.37. The molecule has 0 aliphatic carbocycles. The van der Waals surface area contributed by atoms with E-state index in [0.717, 1.165) is 20.0 Å². The molecule has 2 aromatic rings. The minimum absolute atomic E-state index is 0.516. The van der Waals surface area contributed by atoms with Crippen LogP contribution in [0.1, 0.15) is 5.56 Å². The van der Waals surface area contributed by atoms with E-state index in [9.17, 15) is 0 Å². The van der Waals surface area contributed by atoms with Crippen molar-refractivity contribution in [2.45, 2.75) is 16.5 Å². The summed E-state index contributed by atoms with van der Waals surface area (Å²) < 4.78 is 1.04. The molecule has 0 radical (unpaired) electrons. The van der Waals surface area contributed by atoms with Gasteiger partial charge in [-0.15, -0.1) is 0 Å². The topological polar surface area (TPSA) is 51.8 Å². The lowest BCUT2D eigenvalue weighted by atomic mass is 10.2. The number of hydrogen-bond acceptors (Lipinski definition) is 4. The van der Waals surface area contributed by atoms with Gasteiger partial charge in [0.15, 0.2) is 0 Å². The van der Waals surface area contributed by atoms with Crippen molar-refractivity contribution in [2.75, 3.05) is 0 Å². The highest BCUT2D eigenvalue weighted by Gasteiger charge is 2.04. The van der Waals surface area contributed by atoms with Crippen molar-refractivity contribution in [3.05, 3.63) is 46.8 Å². The average Bonchev–Trinajstić information content (AvgIpc) is 2.33. The molecule has 82 valence electrons. The minimum atomic E-state index is 0.516. The van der Waals surface area contributed by atoms with Crippen LogP contribution in [0.5, 0.6) is 0 Å². The summed E-state index contributed by atoms with van der Waals surface area (Å²) in [6, 6.07) is 6.06. The molecule has 2 rings (SSSR count). The highest BCUT2D eigenvalue weighted by atomic mass is 79.9. The Hall–Kier alpha value is -0.910. The average molecular weight is 296 g/mol. The van der Waals surface area contributed by atoms with Gasteiger partial charge in [0.2, 0.25) is 0 Å². The summed E-state index contributed by atoms with van der Waals surface area (Å²) in [5.74, 6) is 0. The fourth-order valence-electron chi connectivity index (χ4n) is 1.26. The van der Waals surface area contributed by atoms with Gasteiger partial charge in [0.25, 0.3) is 0 Å². The van der Waals surface area contributed by atoms with Crippen molar-refractivity contribution < 1.29 is 0 Å². The van der Waals surface area contributed by atoms with Crippen LogP contribution in [0.25, 0.3) is 0 Å². The molecule has 0 amide bonds. The van der Waals surface area contributed by atoms with Crippen LogP contribution in [0, 0.1) is 0 Å². The Morgan fingerprint density at radius 1 is 1.31 bits per heavy atom. The predicted molar refractivity (Wildman–Crippen MR) is 68.2 cm³/mol. The van der Waals surface area contributed by atoms with Gasteiger partial charge in [-0.1, -0.05) is 27.7 Å². The van der Waals surface area contributed by atoms with Gasteiger partial charge in [-0.05, 0) is 23.8 Å². The largest absolute Gasteiger partial charge is 0.326 e. The second-order valence-electron chi connectivity index (χ2n) is 3.10. The molecule has 0 aliphatic rings. The summed E-state index contributed by atoms with van der Waals surface area (Å²) in [6.07, 6.45) is 5.09. The van der Waals surface area contributed by atoms with Gasteiger partial charge in [-0.2, -0.15) is 0 Å². The molecule has 0 saturated carbocycles. The van der Waals surface area contributed by atoms with E-state index < -0.39 is 0 Å². The molecule has 1 aromatic carbocycles. The lowest BCUT2D eigenvalue weighted by Gasteiger charge is -2.06. The molecule has 2 N–H and O–H groups in total. The minimum Gasteiger partial charge on any atom is -0.326 e. The molecule has 0 spiro atoms. The first-order chi connectivity index (χ1) is 7.79. The lowest BCUT2D eigenvalue weighted by Crippen LogP contribution is -1.98. The molecule has 0 aliphatic heterocycles. The normalized spacial score (nSPS) is 10.4. The first-order valence-electron chi connectivity index (χ1n) is 4.72. The van der Waals surface area contributed by atoms with Crippen LogP contribution in [-0.2, 0) is 6.54 Å². The van der Waals surface area contributed by atoms with E-state index in [1.165, 1.54) is 0 Å². The van der Waals surface area contributed by atoms with E-state index in [-0.39, 0.29) is 0 Å². The van der Waals surface area contributed by atoms with Crippen molar-refractivity contribution in [2.24, 2.45) is 5.73 Å². The molecule has 5 heteroatoms. The summed E-state index contributed by atoms with van der Waals surface area (Å²) in [5, 5.41) is 0.875. The number of halogens is 1. The van der Waals surface area contributed by atoms with E-state index in [2.05, 4.69) is 25.9 Å². The Kier molecular flexibility index (Phi) is 3.93. The molecule has 0 saturated heterocycles. The molecule has 3 nitrogen and oxygen atoms in total. The second kappa shape index (κ2) is 5.43. The van der Waals surface area contributed by atoms with E-state index in [0.29, 0.717) is 6.54 Å². The first-order valence-corrected chi connectivity index (χ1v) is 6.33. The van der Waals surface area contributed by atoms with E-state index in [1.807, 2.05) is 18.2 Å². The van der Waals surface area contributed by atoms with Crippen LogP contribution < -0.4 is 5.73 Å². The molecule has 0 bridgehead atoms. The molecular formula is C11H10BrN3S. The first kappa shape index (κ1) is 11.6. The van der Waals surface area contributed by atoms with Crippen molar-refractivity contribution in [3.63, 3.8) is 0 Å². The summed E-state index contributed by atoms with van der Waals surface area (Å²) in [5.41, 5.74) is 6.80. The van der Waals surface area contributed by atoms with Gasteiger partial charge in [0.05, 0.1) is 6.20 Å². The Morgan fingerprint density at radius 2 is 2.19 bits per heavy atom. The van der Waals surface area contributed by atoms with E-state index in [4.69, 9.17) is 5.73 Å². The highest BCUT2D eigenvalue weighted by Crippen LogP contribution is 2.30. The number of nitrogens with zero attached hydrogens (tertiary/aromatic N) is 2.